The second-order valence-electron chi connectivity index (χ2n) is 5.86. The van der Waals surface area contributed by atoms with Gasteiger partial charge in [-0.15, -0.1) is 0 Å². The molecule has 0 aromatic carbocycles. The average molecular weight is 269 g/mol. The largest absolute Gasteiger partial charge is 0.481 e. The van der Waals surface area contributed by atoms with Crippen LogP contribution in [0.3, 0.4) is 0 Å². The Bertz CT molecular complexity index is 439. The van der Waals surface area contributed by atoms with Crippen molar-refractivity contribution in [3.8, 4) is 0 Å². The van der Waals surface area contributed by atoms with E-state index in [1.54, 1.807) is 0 Å². The van der Waals surface area contributed by atoms with Crippen LogP contribution in [-0.4, -0.2) is 26.5 Å². The highest BCUT2D eigenvalue weighted by Crippen LogP contribution is 2.30. The highest BCUT2D eigenvalue weighted by atomic mass is 32.1. The molecule has 18 heavy (non-hydrogen) atoms. The van der Waals surface area contributed by atoms with E-state index in [0.717, 1.165) is 23.8 Å². The van der Waals surface area contributed by atoms with Crippen LogP contribution in [0.15, 0.2) is 0 Å². The summed E-state index contributed by atoms with van der Waals surface area (Å²) in [6.45, 7) is 6.23. The van der Waals surface area contributed by atoms with E-state index in [0.29, 0.717) is 6.42 Å². The first-order valence-electron chi connectivity index (χ1n) is 6.20. The van der Waals surface area contributed by atoms with Gasteiger partial charge >= 0.3 is 5.97 Å². The maximum absolute atomic E-state index is 10.9. The van der Waals surface area contributed by atoms with E-state index in [2.05, 4.69) is 35.4 Å². The zero-order valence-electron chi connectivity index (χ0n) is 10.9. The third-order valence-corrected chi connectivity index (χ3v) is 3.85. The molecule has 0 radical (unpaired) electrons. The number of carboxylic acid groups (broad SMARTS) is 1. The van der Waals surface area contributed by atoms with Crippen LogP contribution in [0.2, 0.25) is 0 Å². The highest BCUT2D eigenvalue weighted by Gasteiger charge is 2.30. The molecule has 1 aliphatic carbocycles. The topological polar surface area (TPSA) is 75.1 Å². The molecule has 1 aromatic heterocycles. The third kappa shape index (κ3) is 2.98. The first-order chi connectivity index (χ1) is 8.36. The Labute approximate surface area is 111 Å². The molecule has 0 unspecified atom stereocenters. The van der Waals surface area contributed by atoms with E-state index in [4.69, 9.17) is 5.11 Å². The zero-order chi connectivity index (χ0) is 13.3. The molecule has 0 bridgehead atoms. The molecular weight excluding hydrogens is 250 g/mol. The summed E-state index contributed by atoms with van der Waals surface area (Å²) < 4.78 is 4.34. The molecule has 2 rings (SSSR count). The van der Waals surface area contributed by atoms with E-state index in [-0.39, 0.29) is 17.4 Å². The lowest BCUT2D eigenvalue weighted by Crippen LogP contribution is -2.18. The first-order valence-corrected chi connectivity index (χ1v) is 6.97. The number of rotatable bonds is 3. The number of carboxylic acids is 1. The molecule has 0 saturated heterocycles. The molecule has 2 atom stereocenters. The lowest BCUT2D eigenvalue weighted by atomic mass is 9.96. The molecule has 2 N–H and O–H groups in total. The van der Waals surface area contributed by atoms with Crippen molar-refractivity contribution in [3.63, 3.8) is 0 Å². The van der Waals surface area contributed by atoms with Crippen molar-refractivity contribution in [3.05, 3.63) is 5.82 Å². The number of nitrogens with zero attached hydrogens (tertiary/aromatic N) is 2. The van der Waals surface area contributed by atoms with Crippen LogP contribution in [-0.2, 0) is 10.2 Å². The van der Waals surface area contributed by atoms with Gasteiger partial charge in [0.2, 0.25) is 5.13 Å². The Morgan fingerprint density at radius 2 is 2.17 bits per heavy atom. The second kappa shape index (κ2) is 4.84. The van der Waals surface area contributed by atoms with Gasteiger partial charge in [0, 0.05) is 23.0 Å². The highest BCUT2D eigenvalue weighted by molar-refractivity contribution is 7.09. The van der Waals surface area contributed by atoms with Gasteiger partial charge in [0.05, 0.1) is 5.92 Å². The van der Waals surface area contributed by atoms with Gasteiger partial charge in [-0.1, -0.05) is 20.8 Å². The predicted molar refractivity (Wildman–Crippen MR) is 71.0 cm³/mol. The number of aliphatic carboxylic acids is 1. The molecule has 6 heteroatoms. The summed E-state index contributed by atoms with van der Waals surface area (Å²) in [5.41, 5.74) is -0.0459. The summed E-state index contributed by atoms with van der Waals surface area (Å²) in [4.78, 5) is 15.3. The van der Waals surface area contributed by atoms with E-state index >= 15 is 0 Å². The van der Waals surface area contributed by atoms with Gasteiger partial charge < -0.3 is 10.4 Å². The Balaban J connectivity index is 1.95. The fourth-order valence-electron chi connectivity index (χ4n) is 2.10. The van der Waals surface area contributed by atoms with Gasteiger partial charge in [-0.2, -0.15) is 4.37 Å². The van der Waals surface area contributed by atoms with Crippen LogP contribution in [0.25, 0.3) is 0 Å². The lowest BCUT2D eigenvalue weighted by molar-refractivity contribution is -0.141. The van der Waals surface area contributed by atoms with Crippen LogP contribution < -0.4 is 5.32 Å². The fraction of sp³-hybridized carbons (Fsp3) is 0.750. The monoisotopic (exact) mass is 269 g/mol. The summed E-state index contributed by atoms with van der Waals surface area (Å²) in [5.74, 6) is -0.0627. The molecular formula is C12H19N3O2S. The summed E-state index contributed by atoms with van der Waals surface area (Å²) in [7, 11) is 0. The van der Waals surface area contributed by atoms with Crippen molar-refractivity contribution in [2.45, 2.75) is 51.5 Å². The zero-order valence-corrected chi connectivity index (χ0v) is 11.8. The summed E-state index contributed by atoms with van der Waals surface area (Å²) in [6, 6.07) is 0.215. The maximum atomic E-state index is 10.9. The van der Waals surface area contributed by atoms with Gasteiger partial charge in [-0.05, 0) is 19.3 Å². The summed E-state index contributed by atoms with van der Waals surface area (Å²) in [6.07, 6.45) is 2.32. The van der Waals surface area contributed by atoms with E-state index in [9.17, 15) is 4.79 Å². The Morgan fingerprint density at radius 1 is 1.44 bits per heavy atom. The van der Waals surface area contributed by atoms with Crippen molar-refractivity contribution in [1.82, 2.24) is 9.36 Å². The molecule has 1 aliphatic rings. The van der Waals surface area contributed by atoms with Crippen molar-refractivity contribution in [2.75, 3.05) is 5.32 Å². The molecule has 1 aromatic rings. The molecule has 0 aliphatic heterocycles. The smallest absolute Gasteiger partial charge is 0.306 e. The Morgan fingerprint density at radius 3 is 2.67 bits per heavy atom. The minimum absolute atomic E-state index is 0.0459. The molecule has 0 spiro atoms. The quantitative estimate of drug-likeness (QED) is 0.881. The van der Waals surface area contributed by atoms with E-state index in [1.165, 1.54) is 11.5 Å². The molecule has 1 saturated carbocycles. The summed E-state index contributed by atoms with van der Waals surface area (Å²) >= 11 is 1.35. The summed E-state index contributed by atoms with van der Waals surface area (Å²) in [5, 5.41) is 13.1. The number of carbonyl (C=O) groups is 1. The number of aromatic nitrogens is 2. The number of hydrogen-bond acceptors (Lipinski definition) is 5. The predicted octanol–water partition coefficient (Wildman–Crippen LogP) is 2.50. The van der Waals surface area contributed by atoms with Gasteiger partial charge in [-0.3, -0.25) is 4.79 Å². The van der Waals surface area contributed by atoms with Crippen LogP contribution in [0.1, 0.15) is 45.9 Å². The molecule has 0 amide bonds. The van der Waals surface area contributed by atoms with Crippen molar-refractivity contribution in [1.29, 1.82) is 0 Å². The van der Waals surface area contributed by atoms with Crippen LogP contribution in [0, 0.1) is 5.92 Å². The Hall–Kier alpha value is -1.17. The van der Waals surface area contributed by atoms with Gasteiger partial charge in [0.15, 0.2) is 0 Å². The lowest BCUT2D eigenvalue weighted by Gasteiger charge is -2.13. The van der Waals surface area contributed by atoms with Gasteiger partial charge in [0.25, 0.3) is 0 Å². The Kier molecular flexibility index (Phi) is 3.56. The number of hydrogen-bond donors (Lipinski definition) is 2. The van der Waals surface area contributed by atoms with Crippen LogP contribution in [0.4, 0.5) is 5.13 Å². The molecule has 5 nitrogen and oxygen atoms in total. The molecule has 100 valence electrons. The van der Waals surface area contributed by atoms with Gasteiger partial charge in [0.1, 0.15) is 5.82 Å². The van der Waals surface area contributed by atoms with Crippen molar-refractivity contribution in [2.24, 2.45) is 5.92 Å². The standard InChI is InChI=1S/C12H19N3O2S/c1-12(2,3)10-14-11(18-15-10)13-8-5-4-7(6-8)9(16)17/h7-8H,4-6H2,1-3H3,(H,16,17)(H,13,14,15)/t7-,8+/m1/s1. The number of anilines is 1. The molecule has 1 fully saturated rings. The minimum atomic E-state index is -0.688. The van der Waals surface area contributed by atoms with Crippen molar-refractivity contribution >= 4 is 22.6 Å². The van der Waals surface area contributed by atoms with E-state index in [1.807, 2.05) is 0 Å². The fourth-order valence-corrected chi connectivity index (χ4v) is 2.93. The second-order valence-corrected chi connectivity index (χ2v) is 6.61. The first kappa shape index (κ1) is 13.3. The number of nitrogens with one attached hydrogen (secondary N) is 1. The third-order valence-electron chi connectivity index (χ3n) is 3.21. The normalized spacial score (nSPS) is 24.2. The van der Waals surface area contributed by atoms with Crippen molar-refractivity contribution < 1.29 is 9.90 Å². The minimum Gasteiger partial charge on any atom is -0.481 e. The van der Waals surface area contributed by atoms with Gasteiger partial charge in [-0.25, -0.2) is 4.98 Å². The average Bonchev–Trinajstić information content (AvgIpc) is 2.85. The molecule has 1 heterocycles. The van der Waals surface area contributed by atoms with Crippen LogP contribution in [0.5, 0.6) is 0 Å². The van der Waals surface area contributed by atoms with Crippen LogP contribution >= 0.6 is 11.5 Å². The maximum Gasteiger partial charge on any atom is 0.306 e. The SMILES string of the molecule is CC(C)(C)c1nsc(N[C@H]2CC[C@@H](C(=O)O)C2)n1. The van der Waals surface area contributed by atoms with E-state index < -0.39 is 5.97 Å².